The molecule has 2 N–H and O–H groups in total. The fourth-order valence-electron chi connectivity index (χ4n) is 2.43. The minimum Gasteiger partial charge on any atom is -0.352 e. The Hall–Kier alpha value is -1.56. The van der Waals surface area contributed by atoms with Crippen molar-refractivity contribution >= 4 is 5.91 Å². The van der Waals surface area contributed by atoms with E-state index in [0.29, 0.717) is 5.56 Å². The number of benzene rings is 1. The highest BCUT2D eigenvalue weighted by atomic mass is 19.4. The van der Waals surface area contributed by atoms with Gasteiger partial charge in [0.1, 0.15) is 0 Å². The molecule has 0 saturated carbocycles. The number of hydrogen-bond acceptors (Lipinski definition) is 2. The summed E-state index contributed by atoms with van der Waals surface area (Å²) in [6.45, 7) is 2.03. The molecule has 1 aromatic rings. The largest absolute Gasteiger partial charge is 0.416 e. The van der Waals surface area contributed by atoms with Gasteiger partial charge in [0.15, 0.2) is 0 Å². The molecule has 0 aliphatic carbocycles. The predicted octanol–water partition coefficient (Wildman–Crippen LogP) is 2.71. The Balaban J connectivity index is 1.86. The highest BCUT2D eigenvalue weighted by molar-refractivity contribution is 5.78. The molecule has 1 heterocycles. The van der Waals surface area contributed by atoms with Gasteiger partial charge < -0.3 is 10.6 Å². The molecule has 1 amide bonds. The van der Waals surface area contributed by atoms with Crippen LogP contribution >= 0.6 is 0 Å². The lowest BCUT2D eigenvalue weighted by Crippen LogP contribution is -2.30. The third-order valence-electron chi connectivity index (χ3n) is 3.69. The van der Waals surface area contributed by atoms with Crippen LogP contribution in [0.5, 0.6) is 0 Å². The van der Waals surface area contributed by atoms with Crippen LogP contribution in [0.4, 0.5) is 13.2 Å². The van der Waals surface area contributed by atoms with Gasteiger partial charge in [-0.3, -0.25) is 4.79 Å². The smallest absolute Gasteiger partial charge is 0.352 e. The van der Waals surface area contributed by atoms with E-state index >= 15 is 0 Å². The minimum atomic E-state index is -4.32. The summed E-state index contributed by atoms with van der Waals surface area (Å²) < 4.78 is 37.3. The van der Waals surface area contributed by atoms with E-state index in [4.69, 9.17) is 0 Å². The fraction of sp³-hybridized carbons (Fsp3) is 0.533. The van der Waals surface area contributed by atoms with E-state index in [2.05, 4.69) is 10.6 Å². The molecule has 1 aromatic carbocycles. The number of amides is 1. The molecule has 2 rings (SSSR count). The zero-order valence-electron chi connectivity index (χ0n) is 11.7. The van der Waals surface area contributed by atoms with Crippen LogP contribution in [0.1, 0.15) is 30.4 Å². The van der Waals surface area contributed by atoms with Crippen molar-refractivity contribution in [3.05, 3.63) is 35.4 Å². The Labute approximate surface area is 121 Å². The monoisotopic (exact) mass is 300 g/mol. The maximum Gasteiger partial charge on any atom is 0.416 e. The predicted molar refractivity (Wildman–Crippen MR) is 73.5 cm³/mol. The van der Waals surface area contributed by atoms with Gasteiger partial charge in [-0.15, -0.1) is 0 Å². The lowest BCUT2D eigenvalue weighted by atomic mass is 10.00. The number of hydrogen-bond donors (Lipinski definition) is 2. The molecule has 0 radical (unpaired) electrons. The maximum atomic E-state index is 12.4. The molecule has 21 heavy (non-hydrogen) atoms. The van der Waals surface area contributed by atoms with Gasteiger partial charge in [-0.1, -0.05) is 12.1 Å². The Bertz CT molecular complexity index is 463. The molecule has 1 fully saturated rings. The van der Waals surface area contributed by atoms with Crippen molar-refractivity contribution in [1.82, 2.24) is 10.6 Å². The summed E-state index contributed by atoms with van der Waals surface area (Å²) >= 11 is 0. The molecule has 1 unspecified atom stereocenters. The first-order valence-corrected chi connectivity index (χ1v) is 7.11. The summed E-state index contributed by atoms with van der Waals surface area (Å²) in [6.07, 6.45) is -1.70. The third-order valence-corrected chi connectivity index (χ3v) is 3.69. The first-order chi connectivity index (χ1) is 9.97. The number of halogens is 3. The van der Waals surface area contributed by atoms with Crippen LogP contribution in [0.3, 0.4) is 0 Å². The first-order valence-electron chi connectivity index (χ1n) is 7.11. The van der Waals surface area contributed by atoms with Crippen LogP contribution < -0.4 is 10.6 Å². The molecule has 0 spiro atoms. The zero-order chi connectivity index (χ0) is 15.3. The number of alkyl halides is 3. The highest BCUT2D eigenvalue weighted by Gasteiger charge is 2.29. The summed E-state index contributed by atoms with van der Waals surface area (Å²) in [5, 5.41) is 6.05. The van der Waals surface area contributed by atoms with Crippen molar-refractivity contribution in [2.45, 2.75) is 32.0 Å². The lowest BCUT2D eigenvalue weighted by Gasteiger charge is -2.14. The number of carbonyl (C=O) groups is 1. The van der Waals surface area contributed by atoms with Crippen molar-refractivity contribution in [3.8, 4) is 0 Å². The van der Waals surface area contributed by atoms with E-state index in [1.165, 1.54) is 12.1 Å². The molecule has 0 aromatic heterocycles. The second-order valence-electron chi connectivity index (χ2n) is 5.29. The average Bonchev–Trinajstić information content (AvgIpc) is 2.73. The molecule has 6 heteroatoms. The van der Waals surface area contributed by atoms with Gasteiger partial charge in [-0.05, 0) is 50.0 Å². The van der Waals surface area contributed by atoms with Gasteiger partial charge in [0.2, 0.25) is 5.91 Å². The second kappa shape index (κ2) is 6.93. The van der Waals surface area contributed by atoms with Crippen molar-refractivity contribution in [3.63, 3.8) is 0 Å². The van der Waals surface area contributed by atoms with E-state index in [9.17, 15) is 18.0 Å². The van der Waals surface area contributed by atoms with Gasteiger partial charge in [0, 0.05) is 12.5 Å². The van der Waals surface area contributed by atoms with Gasteiger partial charge in [-0.2, -0.15) is 13.2 Å². The van der Waals surface area contributed by atoms with E-state index < -0.39 is 11.7 Å². The third kappa shape index (κ3) is 4.74. The molecule has 1 atom stereocenters. The Morgan fingerprint density at radius 2 is 1.90 bits per heavy atom. The Kier molecular flexibility index (Phi) is 5.22. The SMILES string of the molecule is O=C(NCc1ccc(C(F)(F)F)cc1)C1CCCNCC1. The number of rotatable bonds is 3. The van der Waals surface area contributed by atoms with Crippen molar-refractivity contribution in [1.29, 1.82) is 0 Å². The normalized spacial score (nSPS) is 19.9. The van der Waals surface area contributed by atoms with Crippen molar-refractivity contribution in [2.24, 2.45) is 5.92 Å². The summed E-state index contributed by atoms with van der Waals surface area (Å²) in [7, 11) is 0. The first kappa shape index (κ1) is 15.8. The fourth-order valence-corrected chi connectivity index (χ4v) is 2.43. The molecule has 1 saturated heterocycles. The van der Waals surface area contributed by atoms with E-state index in [1.54, 1.807) is 0 Å². The Morgan fingerprint density at radius 1 is 1.19 bits per heavy atom. The number of nitrogens with one attached hydrogen (secondary N) is 2. The van der Waals surface area contributed by atoms with Crippen LogP contribution in [0, 0.1) is 5.92 Å². The second-order valence-corrected chi connectivity index (χ2v) is 5.29. The van der Waals surface area contributed by atoms with Gasteiger partial charge >= 0.3 is 6.18 Å². The van der Waals surface area contributed by atoms with Crippen LogP contribution in [-0.2, 0) is 17.5 Å². The summed E-state index contributed by atoms with van der Waals surface area (Å²) in [6, 6.07) is 4.88. The number of carbonyl (C=O) groups excluding carboxylic acids is 1. The highest BCUT2D eigenvalue weighted by Crippen LogP contribution is 2.29. The molecule has 3 nitrogen and oxygen atoms in total. The zero-order valence-corrected chi connectivity index (χ0v) is 11.7. The average molecular weight is 300 g/mol. The van der Waals surface area contributed by atoms with E-state index in [1.807, 2.05) is 0 Å². The van der Waals surface area contributed by atoms with Crippen LogP contribution in [0.2, 0.25) is 0 Å². The van der Waals surface area contributed by atoms with Crippen molar-refractivity contribution < 1.29 is 18.0 Å². The molecular weight excluding hydrogens is 281 g/mol. The van der Waals surface area contributed by atoms with Crippen molar-refractivity contribution in [2.75, 3.05) is 13.1 Å². The van der Waals surface area contributed by atoms with E-state index in [-0.39, 0.29) is 18.4 Å². The van der Waals surface area contributed by atoms with Gasteiger partial charge in [0.25, 0.3) is 0 Å². The van der Waals surface area contributed by atoms with Gasteiger partial charge in [-0.25, -0.2) is 0 Å². The summed E-state index contributed by atoms with van der Waals surface area (Å²) in [4.78, 5) is 12.0. The maximum absolute atomic E-state index is 12.4. The van der Waals surface area contributed by atoms with Crippen LogP contribution in [-0.4, -0.2) is 19.0 Å². The summed E-state index contributed by atoms with van der Waals surface area (Å²) in [5.41, 5.74) is -0.00415. The lowest BCUT2D eigenvalue weighted by molar-refractivity contribution is -0.137. The van der Waals surface area contributed by atoms with E-state index in [0.717, 1.165) is 44.5 Å². The molecular formula is C15H19F3N2O. The quantitative estimate of drug-likeness (QED) is 0.901. The topological polar surface area (TPSA) is 41.1 Å². The summed E-state index contributed by atoms with van der Waals surface area (Å²) in [5.74, 6) is -0.0203. The molecule has 1 aliphatic heterocycles. The van der Waals surface area contributed by atoms with Crippen LogP contribution in [0.25, 0.3) is 0 Å². The molecule has 1 aliphatic rings. The Morgan fingerprint density at radius 3 is 2.57 bits per heavy atom. The minimum absolute atomic E-state index is 0.00514. The molecule has 0 bridgehead atoms. The van der Waals surface area contributed by atoms with Gasteiger partial charge in [0.05, 0.1) is 5.56 Å². The van der Waals surface area contributed by atoms with Crippen LogP contribution in [0.15, 0.2) is 24.3 Å². The standard InChI is InChI=1S/C15H19F3N2O/c16-15(17,18)13-5-3-11(4-6-13)10-20-14(21)12-2-1-8-19-9-7-12/h3-6,12,19H,1-2,7-10H2,(H,20,21). The molecule has 116 valence electrons.